The minimum Gasteiger partial charge on any atom is -0.475 e. The lowest BCUT2D eigenvalue weighted by Gasteiger charge is -2.20. The molecule has 180 valence electrons. The van der Waals surface area contributed by atoms with Crippen LogP contribution in [0, 0.1) is 17.7 Å². The fourth-order valence-corrected chi connectivity index (χ4v) is 4.66. The van der Waals surface area contributed by atoms with Crippen molar-refractivity contribution in [2.75, 3.05) is 31.1 Å². The van der Waals surface area contributed by atoms with E-state index in [1.165, 1.54) is 0 Å². The van der Waals surface area contributed by atoms with Gasteiger partial charge in [0.2, 0.25) is 16.0 Å². The summed E-state index contributed by atoms with van der Waals surface area (Å²) in [6, 6.07) is 8.31. The number of fused-ring (bicyclic) bond motifs is 1. The number of halogens is 4. The summed E-state index contributed by atoms with van der Waals surface area (Å²) in [4.78, 5) is 19.1. The van der Waals surface area contributed by atoms with Crippen molar-refractivity contribution in [2.24, 2.45) is 11.8 Å². The second kappa shape index (κ2) is 9.97. The molecule has 2 N–H and O–H groups in total. The van der Waals surface area contributed by atoms with E-state index < -0.39 is 28.0 Å². The molecule has 0 unspecified atom stereocenters. The van der Waals surface area contributed by atoms with E-state index in [1.807, 2.05) is 4.90 Å². The maximum Gasteiger partial charge on any atom is 0.490 e. The summed E-state index contributed by atoms with van der Waals surface area (Å²) in [5.41, 5.74) is 0. The first-order valence-electron chi connectivity index (χ1n) is 9.66. The van der Waals surface area contributed by atoms with Gasteiger partial charge in [0.15, 0.2) is 5.82 Å². The van der Waals surface area contributed by atoms with Gasteiger partial charge < -0.3 is 14.7 Å². The number of sulfonamides is 1. The molecule has 0 amide bonds. The Balaban J connectivity index is 0.000000383. The maximum atomic E-state index is 13.0. The molecule has 2 fully saturated rings. The van der Waals surface area contributed by atoms with E-state index in [2.05, 4.69) is 14.7 Å². The number of carbonyl (C=O) groups is 1. The fraction of sp³-hybridized carbons (Fsp3) is 0.421. The van der Waals surface area contributed by atoms with Crippen molar-refractivity contribution in [3.05, 3.63) is 48.5 Å². The van der Waals surface area contributed by atoms with Crippen molar-refractivity contribution in [2.45, 2.75) is 17.2 Å². The molecule has 0 saturated carbocycles. The zero-order chi connectivity index (χ0) is 24.2. The van der Waals surface area contributed by atoms with E-state index in [9.17, 15) is 26.0 Å². The highest BCUT2D eigenvalue weighted by molar-refractivity contribution is 7.89. The SMILES string of the molecule is O=C(O)C(F)(F)F.O=S(=O)(NC[C@H]1CO[C@@H]2CN(c3ncc(F)cn3)C[C@H]12)c1ccccc1. The van der Waals surface area contributed by atoms with Gasteiger partial charge in [0, 0.05) is 31.5 Å². The number of hydrogen-bond acceptors (Lipinski definition) is 7. The highest BCUT2D eigenvalue weighted by atomic mass is 32.2. The quantitative estimate of drug-likeness (QED) is 0.605. The Morgan fingerprint density at radius 3 is 2.36 bits per heavy atom. The van der Waals surface area contributed by atoms with Gasteiger partial charge in [-0.15, -0.1) is 0 Å². The number of nitrogens with one attached hydrogen (secondary N) is 1. The smallest absolute Gasteiger partial charge is 0.475 e. The average Bonchev–Trinajstić information content (AvgIpc) is 3.34. The largest absolute Gasteiger partial charge is 0.490 e. The molecule has 2 aliphatic heterocycles. The first kappa shape index (κ1) is 24.8. The molecule has 3 atom stereocenters. The Kier molecular flexibility index (Phi) is 7.49. The first-order chi connectivity index (χ1) is 15.5. The standard InChI is InChI=1S/C17H19FN4O3S.C2HF3O2/c18-13-7-19-17(20-8-13)22-9-15-12(11-25-16(15)10-22)6-21-26(23,24)14-4-2-1-3-5-14;3-2(4,5)1(6)7/h1-5,7-8,12,15-16,21H,6,9-11H2;(H,6,7)/t12-,15+,16+;/m0./s1. The molecular weight excluding hydrogens is 472 g/mol. The van der Waals surface area contributed by atoms with Gasteiger partial charge >= 0.3 is 12.1 Å². The second-order valence-corrected chi connectivity index (χ2v) is 9.14. The van der Waals surface area contributed by atoms with E-state index in [4.69, 9.17) is 14.6 Å². The highest BCUT2D eigenvalue weighted by Crippen LogP contribution is 2.34. The lowest BCUT2D eigenvalue weighted by Crippen LogP contribution is -2.34. The van der Waals surface area contributed by atoms with Crippen molar-refractivity contribution in [3.63, 3.8) is 0 Å². The summed E-state index contributed by atoms with van der Waals surface area (Å²) >= 11 is 0. The molecule has 1 aromatic carbocycles. The van der Waals surface area contributed by atoms with Gasteiger partial charge in [-0.05, 0) is 12.1 Å². The molecule has 2 saturated heterocycles. The summed E-state index contributed by atoms with van der Waals surface area (Å²) in [7, 11) is -3.53. The van der Waals surface area contributed by atoms with E-state index in [0.717, 1.165) is 12.4 Å². The Morgan fingerprint density at radius 1 is 1.18 bits per heavy atom. The highest BCUT2D eigenvalue weighted by Gasteiger charge is 2.44. The van der Waals surface area contributed by atoms with Crippen LogP contribution in [0.5, 0.6) is 0 Å². The van der Waals surface area contributed by atoms with Crippen LogP contribution in [0.4, 0.5) is 23.5 Å². The molecule has 9 nitrogen and oxygen atoms in total. The summed E-state index contributed by atoms with van der Waals surface area (Å²) < 4.78 is 78.0. The van der Waals surface area contributed by atoms with Crippen molar-refractivity contribution in [1.82, 2.24) is 14.7 Å². The Morgan fingerprint density at radius 2 is 1.79 bits per heavy atom. The molecule has 14 heteroatoms. The van der Waals surface area contributed by atoms with Crippen molar-refractivity contribution >= 4 is 21.9 Å². The van der Waals surface area contributed by atoms with Crippen LogP contribution in [0.3, 0.4) is 0 Å². The number of ether oxygens (including phenoxy) is 1. The normalized spacial score (nSPS) is 22.4. The molecule has 0 bridgehead atoms. The van der Waals surface area contributed by atoms with Gasteiger partial charge in [0.1, 0.15) is 0 Å². The summed E-state index contributed by atoms with van der Waals surface area (Å²) in [5, 5.41) is 7.12. The summed E-state index contributed by atoms with van der Waals surface area (Å²) in [6.07, 6.45) is -2.79. The maximum absolute atomic E-state index is 13.0. The number of alkyl halides is 3. The summed E-state index contributed by atoms with van der Waals surface area (Å²) in [5.74, 6) is -2.51. The molecule has 0 spiro atoms. The van der Waals surface area contributed by atoms with Crippen LogP contribution < -0.4 is 9.62 Å². The third-order valence-corrected chi connectivity index (χ3v) is 6.60. The van der Waals surface area contributed by atoms with Crippen molar-refractivity contribution in [3.8, 4) is 0 Å². The van der Waals surface area contributed by atoms with Crippen LogP contribution >= 0.6 is 0 Å². The van der Waals surface area contributed by atoms with E-state index in [-0.39, 0.29) is 22.8 Å². The number of aromatic nitrogens is 2. The van der Waals surface area contributed by atoms with E-state index in [0.29, 0.717) is 32.2 Å². The average molecular weight is 492 g/mol. The molecule has 1 aromatic heterocycles. The Labute approximate surface area is 186 Å². The number of benzene rings is 1. The van der Waals surface area contributed by atoms with Crippen LogP contribution in [-0.4, -0.2) is 68.0 Å². The van der Waals surface area contributed by atoms with Crippen LogP contribution in [0.25, 0.3) is 0 Å². The predicted octanol–water partition coefficient (Wildman–Crippen LogP) is 1.68. The zero-order valence-electron chi connectivity index (χ0n) is 16.9. The number of carboxylic acids is 1. The van der Waals surface area contributed by atoms with Crippen LogP contribution in [0.1, 0.15) is 0 Å². The Bertz CT molecular complexity index is 1050. The van der Waals surface area contributed by atoms with Gasteiger partial charge in [-0.3, -0.25) is 0 Å². The van der Waals surface area contributed by atoms with Crippen LogP contribution in [-0.2, 0) is 19.6 Å². The number of aliphatic carboxylic acids is 1. The monoisotopic (exact) mass is 492 g/mol. The number of rotatable bonds is 5. The second-order valence-electron chi connectivity index (χ2n) is 7.37. The van der Waals surface area contributed by atoms with Crippen LogP contribution in [0.2, 0.25) is 0 Å². The van der Waals surface area contributed by atoms with Gasteiger partial charge in [0.25, 0.3) is 0 Å². The number of nitrogens with zero attached hydrogens (tertiary/aromatic N) is 3. The fourth-order valence-electron chi connectivity index (χ4n) is 3.54. The molecule has 33 heavy (non-hydrogen) atoms. The van der Waals surface area contributed by atoms with Gasteiger partial charge in [-0.2, -0.15) is 13.2 Å². The van der Waals surface area contributed by atoms with Gasteiger partial charge in [-0.1, -0.05) is 18.2 Å². The lowest BCUT2D eigenvalue weighted by atomic mass is 9.93. The van der Waals surface area contributed by atoms with Crippen molar-refractivity contribution in [1.29, 1.82) is 0 Å². The van der Waals surface area contributed by atoms with E-state index in [1.54, 1.807) is 30.3 Å². The number of carboxylic acid groups (broad SMARTS) is 1. The third kappa shape index (κ3) is 6.36. The third-order valence-electron chi connectivity index (χ3n) is 5.16. The van der Waals surface area contributed by atoms with Gasteiger partial charge in [-0.25, -0.2) is 32.3 Å². The molecule has 0 aliphatic carbocycles. The minimum absolute atomic E-state index is 0.00915. The van der Waals surface area contributed by atoms with Crippen LogP contribution in [0.15, 0.2) is 47.6 Å². The molecule has 3 heterocycles. The first-order valence-corrected chi connectivity index (χ1v) is 11.1. The molecule has 2 aromatic rings. The molecular formula is C19H20F4N4O5S. The Hall–Kier alpha value is -2.84. The predicted molar refractivity (Wildman–Crippen MR) is 106 cm³/mol. The minimum atomic E-state index is -5.08. The zero-order valence-corrected chi connectivity index (χ0v) is 17.8. The molecule has 2 aliphatic rings. The van der Waals surface area contributed by atoms with Gasteiger partial charge in [0.05, 0.1) is 30.0 Å². The summed E-state index contributed by atoms with van der Waals surface area (Å²) in [6.45, 7) is 2.12. The topological polar surface area (TPSA) is 122 Å². The molecule has 4 rings (SSSR count). The lowest BCUT2D eigenvalue weighted by molar-refractivity contribution is -0.192. The molecule has 0 radical (unpaired) electrons. The van der Waals surface area contributed by atoms with E-state index >= 15 is 0 Å². The number of hydrogen-bond donors (Lipinski definition) is 2. The van der Waals surface area contributed by atoms with Crippen molar-refractivity contribution < 1.29 is 40.6 Å². The number of anilines is 1.